The lowest BCUT2D eigenvalue weighted by Crippen LogP contribution is -2.43. The molecule has 0 radical (unpaired) electrons. The fourth-order valence-corrected chi connectivity index (χ4v) is 6.37. The summed E-state index contributed by atoms with van der Waals surface area (Å²) in [7, 11) is 1.42. The van der Waals surface area contributed by atoms with Crippen molar-refractivity contribution < 1.29 is 71.4 Å². The number of allylic oxidation sites excluding steroid dienone is 3. The first-order valence-corrected chi connectivity index (χ1v) is 19.9. The Bertz CT molecular complexity index is 1950. The number of amides is 1. The maximum Gasteiger partial charge on any atom is 0.508 e. The summed E-state index contributed by atoms with van der Waals surface area (Å²) in [6.45, 7) is 6.17. The molecule has 2 unspecified atom stereocenters. The molecule has 1 amide bonds. The Balaban J connectivity index is 1.31. The minimum absolute atomic E-state index is 0.0578. The molecule has 2 aliphatic carbocycles. The summed E-state index contributed by atoms with van der Waals surface area (Å²) in [5, 5.41) is 5.02. The van der Waals surface area contributed by atoms with E-state index < -0.39 is 79.2 Å². The third kappa shape index (κ3) is 13.7. The fraction of sp³-hybridized carbons (Fsp3) is 0.545. The molecular weight excluding hydrogens is 782 g/mol. The molecule has 0 saturated carbocycles. The summed E-state index contributed by atoms with van der Waals surface area (Å²) < 4.78 is 46.5. The van der Waals surface area contributed by atoms with E-state index in [2.05, 4.69) is 47.8 Å². The topological polar surface area (TPSA) is 198 Å². The van der Waals surface area contributed by atoms with Crippen molar-refractivity contribution in [2.45, 2.75) is 79.2 Å². The number of rotatable bonds is 21. The normalized spacial score (nSPS) is 14.7. The smallest absolute Gasteiger partial charge is 0.465 e. The number of hydrogen-bond acceptors (Lipinski definition) is 15. The van der Waals surface area contributed by atoms with E-state index in [0.717, 1.165) is 32.6 Å². The van der Waals surface area contributed by atoms with Gasteiger partial charge in [0, 0.05) is 14.0 Å². The van der Waals surface area contributed by atoms with Gasteiger partial charge in [0.05, 0.1) is 19.8 Å². The van der Waals surface area contributed by atoms with Crippen molar-refractivity contribution in [3.8, 4) is 0 Å². The molecule has 2 aromatic carbocycles. The van der Waals surface area contributed by atoms with Crippen LogP contribution in [0.3, 0.4) is 0 Å². The molecule has 16 nitrogen and oxygen atoms in total. The number of alkyl carbamates (subject to hydrolysis) is 1. The van der Waals surface area contributed by atoms with Gasteiger partial charge in [-0.05, 0) is 105 Å². The van der Waals surface area contributed by atoms with Gasteiger partial charge in [-0.1, -0.05) is 42.5 Å². The van der Waals surface area contributed by atoms with Crippen molar-refractivity contribution >= 4 is 58.7 Å². The van der Waals surface area contributed by atoms with E-state index in [9.17, 15) is 28.8 Å². The maximum atomic E-state index is 13.3. The van der Waals surface area contributed by atoms with Crippen molar-refractivity contribution in [2.75, 3.05) is 66.5 Å². The van der Waals surface area contributed by atoms with Crippen molar-refractivity contribution in [2.24, 2.45) is 10.8 Å². The first kappa shape index (κ1) is 47.0. The minimum atomic E-state index is -1.77. The van der Waals surface area contributed by atoms with E-state index in [1.165, 1.54) is 59.6 Å². The van der Waals surface area contributed by atoms with E-state index in [0.29, 0.717) is 6.42 Å². The van der Waals surface area contributed by atoms with Crippen LogP contribution < -0.4 is 5.32 Å². The molecule has 0 spiro atoms. The Morgan fingerprint density at radius 1 is 0.683 bits per heavy atom. The van der Waals surface area contributed by atoms with Crippen molar-refractivity contribution in [3.05, 3.63) is 58.7 Å². The van der Waals surface area contributed by atoms with Crippen LogP contribution in [0.2, 0.25) is 0 Å². The number of carbonyl (C=O) groups excluding carboxylic acids is 6. The monoisotopic (exact) mass is 839 g/mol. The standard InChI is InChI=1S/C44H57NO15/c1-29(46)56-25-43(5,38(48)54-24-23-52-7)26-58-41(51)59-28-44(6,37(47)53-22-20-45-39(49)60-42(2,3)4)27-57-40(50)55-21-9-8-11-30-14-15-33-17-16-31-12-10-13-32-18-19-34(30)36(33)35(31)32/h10,13-16,18-19H,8-9,11-12,17,20-28H2,1-7H3,(H,45,49). The number of hydrogen-bond donors (Lipinski definition) is 1. The molecule has 0 heterocycles. The molecule has 60 heavy (non-hydrogen) atoms. The summed E-state index contributed by atoms with van der Waals surface area (Å²) in [5.41, 5.74) is 2.35. The van der Waals surface area contributed by atoms with Crippen molar-refractivity contribution in [1.29, 1.82) is 0 Å². The molecule has 2 aliphatic rings. The van der Waals surface area contributed by atoms with E-state index in [1.807, 2.05) is 0 Å². The van der Waals surface area contributed by atoms with Gasteiger partial charge in [0.25, 0.3) is 0 Å². The number of carbonyl (C=O) groups is 6. The zero-order valence-electron chi connectivity index (χ0n) is 35.6. The zero-order chi connectivity index (χ0) is 43.9. The average molecular weight is 840 g/mol. The highest BCUT2D eigenvalue weighted by atomic mass is 16.7. The third-order valence-corrected chi connectivity index (χ3v) is 9.60. The number of nitrogens with one attached hydrogen (secondary N) is 1. The van der Waals surface area contributed by atoms with Crippen LogP contribution in [0.1, 0.15) is 83.1 Å². The van der Waals surface area contributed by atoms with Crippen LogP contribution in [0, 0.1) is 10.8 Å². The van der Waals surface area contributed by atoms with Gasteiger partial charge in [-0.15, -0.1) is 0 Å². The van der Waals surface area contributed by atoms with Gasteiger partial charge in [0.2, 0.25) is 0 Å². The summed E-state index contributed by atoms with van der Waals surface area (Å²) in [4.78, 5) is 75.1. The molecular formula is C44H57NO15. The second kappa shape index (κ2) is 21.6. The molecule has 2 aromatic rings. The largest absolute Gasteiger partial charge is 0.508 e. The predicted molar refractivity (Wildman–Crippen MR) is 218 cm³/mol. The second-order valence-electron chi connectivity index (χ2n) is 16.1. The van der Waals surface area contributed by atoms with Gasteiger partial charge in [-0.2, -0.15) is 0 Å². The van der Waals surface area contributed by atoms with Gasteiger partial charge < -0.3 is 47.9 Å². The summed E-state index contributed by atoms with van der Waals surface area (Å²) >= 11 is 0. The highest BCUT2D eigenvalue weighted by Gasteiger charge is 2.41. The SMILES string of the molecule is COCCOC(=O)C(C)(COC(C)=O)COC(=O)OCC(C)(COC(=O)OCCCCc1ccc2c3c4c(ccc13)C=CCC4=CC2)C(=O)OCCNC(=O)OC(C)(C)C. The van der Waals surface area contributed by atoms with Crippen LogP contribution in [-0.4, -0.2) is 108 Å². The number of esters is 3. The summed E-state index contributed by atoms with van der Waals surface area (Å²) in [6, 6.07) is 8.73. The van der Waals surface area contributed by atoms with Crippen LogP contribution in [0.5, 0.6) is 0 Å². The Morgan fingerprint density at radius 2 is 1.32 bits per heavy atom. The van der Waals surface area contributed by atoms with E-state index in [1.54, 1.807) is 20.8 Å². The number of unbranched alkanes of at least 4 members (excludes halogenated alkanes) is 1. The number of benzene rings is 2. The van der Waals surface area contributed by atoms with E-state index >= 15 is 0 Å². The van der Waals surface area contributed by atoms with Crippen molar-refractivity contribution in [1.82, 2.24) is 5.32 Å². The Labute approximate surface area is 350 Å². The quantitative estimate of drug-likeness (QED) is 0.0795. The molecule has 16 heteroatoms. The second-order valence-corrected chi connectivity index (χ2v) is 16.1. The van der Waals surface area contributed by atoms with Crippen LogP contribution in [-0.2, 0) is 69.9 Å². The zero-order valence-corrected chi connectivity index (χ0v) is 35.6. The van der Waals surface area contributed by atoms with Gasteiger partial charge in [-0.25, -0.2) is 14.4 Å². The molecule has 4 rings (SSSR count). The highest BCUT2D eigenvalue weighted by Crippen LogP contribution is 2.41. The van der Waals surface area contributed by atoms with Crippen LogP contribution in [0.25, 0.3) is 22.4 Å². The lowest BCUT2D eigenvalue weighted by molar-refractivity contribution is -0.166. The van der Waals surface area contributed by atoms with Crippen LogP contribution >= 0.6 is 0 Å². The van der Waals surface area contributed by atoms with E-state index in [4.69, 9.17) is 42.6 Å². The predicted octanol–water partition coefficient (Wildman–Crippen LogP) is 6.66. The number of ether oxygens (including phenoxy) is 9. The van der Waals surface area contributed by atoms with Gasteiger partial charge >= 0.3 is 36.3 Å². The molecule has 0 aliphatic heterocycles. The Morgan fingerprint density at radius 3 is 1.95 bits per heavy atom. The summed E-state index contributed by atoms with van der Waals surface area (Å²) in [5.74, 6) is -2.44. The highest BCUT2D eigenvalue weighted by molar-refractivity contribution is 6.03. The molecule has 0 fully saturated rings. The Kier molecular flexibility index (Phi) is 16.9. The molecule has 328 valence electrons. The van der Waals surface area contributed by atoms with E-state index in [-0.39, 0.29) is 33.0 Å². The first-order valence-electron chi connectivity index (χ1n) is 19.9. The van der Waals surface area contributed by atoms with Crippen molar-refractivity contribution in [3.63, 3.8) is 0 Å². The third-order valence-electron chi connectivity index (χ3n) is 9.60. The molecule has 2 atom stereocenters. The maximum absolute atomic E-state index is 13.3. The first-order chi connectivity index (χ1) is 28.4. The van der Waals surface area contributed by atoms with Gasteiger partial charge in [0.1, 0.15) is 56.1 Å². The number of aryl methyl sites for hydroxylation is 1. The fourth-order valence-electron chi connectivity index (χ4n) is 6.37. The minimum Gasteiger partial charge on any atom is -0.465 e. The summed E-state index contributed by atoms with van der Waals surface area (Å²) in [6.07, 6.45) is 7.56. The average Bonchev–Trinajstić information content (AvgIpc) is 3.20. The molecule has 0 bridgehead atoms. The molecule has 0 aromatic heterocycles. The van der Waals surface area contributed by atoms with Gasteiger partial charge in [0.15, 0.2) is 0 Å². The Hall–Kier alpha value is -5.64. The molecule has 0 saturated heterocycles. The lowest BCUT2D eigenvalue weighted by Gasteiger charge is -2.28. The lowest BCUT2D eigenvalue weighted by atomic mass is 9.80. The molecule has 1 N–H and O–H groups in total. The number of methoxy groups -OCH3 is 1. The van der Waals surface area contributed by atoms with Crippen LogP contribution in [0.15, 0.2) is 36.4 Å². The van der Waals surface area contributed by atoms with Gasteiger partial charge in [-0.3, -0.25) is 14.4 Å². The van der Waals surface area contributed by atoms with Crippen LogP contribution in [0.4, 0.5) is 14.4 Å².